The number of ketones is 1. The fourth-order valence-electron chi connectivity index (χ4n) is 9.22. The minimum atomic E-state index is -1.91. The molecule has 0 spiro atoms. The number of ether oxygens (including phenoxy) is 4. The van der Waals surface area contributed by atoms with Crippen molar-refractivity contribution in [1.82, 2.24) is 9.80 Å². The van der Waals surface area contributed by atoms with Gasteiger partial charge in [-0.15, -0.1) is 0 Å². The quantitative estimate of drug-likeness (QED) is 0.141. The van der Waals surface area contributed by atoms with Gasteiger partial charge >= 0.3 is 5.97 Å². The summed E-state index contributed by atoms with van der Waals surface area (Å²) < 4.78 is 25.0. The van der Waals surface area contributed by atoms with Gasteiger partial charge in [0.25, 0.3) is 0 Å². The highest BCUT2D eigenvalue weighted by Gasteiger charge is 2.51. The smallest absolute Gasteiger partial charge is 0.316 e. The van der Waals surface area contributed by atoms with Gasteiger partial charge in [0.05, 0.1) is 29.6 Å². The molecule has 4 rings (SSSR count). The lowest BCUT2D eigenvalue weighted by Crippen LogP contribution is -2.60. The average molecular weight is 820 g/mol. The summed E-state index contributed by atoms with van der Waals surface area (Å²) in [6.07, 6.45) is -1.67. The number of aryl methyl sites for hydroxylation is 1. The number of hydrogen-bond acceptors (Lipinski definition) is 14. The van der Waals surface area contributed by atoms with Crippen LogP contribution in [0, 0.1) is 23.7 Å². The molecule has 14 nitrogen and oxygen atoms in total. The number of methoxy groups -OCH3 is 1. The Morgan fingerprint density at radius 3 is 2.33 bits per heavy atom. The van der Waals surface area contributed by atoms with Gasteiger partial charge in [-0.2, -0.15) is 0 Å². The number of hydrogen-bond donors (Lipinski definition) is 4. The molecule has 0 bridgehead atoms. The van der Waals surface area contributed by atoms with Crippen molar-refractivity contribution in [2.45, 2.75) is 160 Å². The second kappa shape index (κ2) is 20.7. The van der Waals surface area contributed by atoms with Crippen LogP contribution in [0.1, 0.15) is 99.5 Å². The van der Waals surface area contributed by atoms with Gasteiger partial charge in [0, 0.05) is 37.5 Å². The van der Waals surface area contributed by atoms with Crippen molar-refractivity contribution >= 4 is 17.5 Å². The maximum atomic E-state index is 14.3. The Kier molecular flexibility index (Phi) is 17.1. The van der Waals surface area contributed by atoms with Gasteiger partial charge in [0.15, 0.2) is 12.1 Å². The summed E-state index contributed by atoms with van der Waals surface area (Å²) in [5.41, 5.74) is -1.50. The van der Waals surface area contributed by atoms with Crippen molar-refractivity contribution in [3.63, 3.8) is 0 Å². The number of carbonyl (C=O) groups excluding carboxylic acids is 2. The maximum absolute atomic E-state index is 14.3. The molecule has 3 fully saturated rings. The second-order valence-corrected chi connectivity index (χ2v) is 17.9. The first-order chi connectivity index (χ1) is 27.2. The Balaban J connectivity index is 1.68. The molecule has 0 radical (unpaired) electrons. The molecule has 4 N–H and O–H groups in total. The number of oxime groups is 1. The molecular weight excluding hydrogens is 746 g/mol. The number of piperidine rings is 1. The first kappa shape index (κ1) is 48.0. The summed E-state index contributed by atoms with van der Waals surface area (Å²) >= 11 is 0. The van der Waals surface area contributed by atoms with E-state index in [0.717, 1.165) is 38.8 Å². The largest absolute Gasteiger partial charge is 0.508 e. The maximum Gasteiger partial charge on any atom is 0.316 e. The molecule has 3 heterocycles. The van der Waals surface area contributed by atoms with Crippen LogP contribution in [-0.4, -0.2) is 149 Å². The number of carbonyl (C=O) groups is 2. The standard InChI is InChI=1S/C44H73N3O11/c1-12-35-44(8,53)39(51)28(4)36(45-58-33-16-14-22-47(25-33)21-13-15-31-17-19-32(48)20-18-31)26(2)24-43(7,54-11)40(29(5)37(49)30(6)41(52)56-35)57-42-38(50)34(46(9)10)23-27(3)55-42/h17-20,26-30,33-35,38-40,42,48,50-51,53H,12-16,21-25H2,1-11H3/b45-36+/t26-,27-,28+,29+,30-,33-,34+,35-,38-,39-,40-,42+,43-,44-/m1/s1. The molecule has 3 aliphatic rings. The van der Waals surface area contributed by atoms with E-state index in [2.05, 4.69) is 4.90 Å². The normalized spacial score (nSPS) is 39.7. The summed E-state index contributed by atoms with van der Waals surface area (Å²) in [5.74, 6) is -4.42. The minimum absolute atomic E-state index is 0.178. The van der Waals surface area contributed by atoms with Crippen LogP contribution in [0.4, 0.5) is 0 Å². The second-order valence-electron chi connectivity index (χ2n) is 17.9. The van der Waals surface area contributed by atoms with Gasteiger partial charge in [0.2, 0.25) is 0 Å². The molecule has 1 aromatic rings. The molecule has 1 aromatic carbocycles. The van der Waals surface area contributed by atoms with Crippen LogP contribution in [0.5, 0.6) is 5.75 Å². The zero-order chi connectivity index (χ0) is 43.1. The highest BCUT2D eigenvalue weighted by atomic mass is 16.7. The van der Waals surface area contributed by atoms with E-state index >= 15 is 0 Å². The van der Waals surface area contributed by atoms with Crippen LogP contribution in [0.2, 0.25) is 0 Å². The third kappa shape index (κ3) is 11.6. The van der Waals surface area contributed by atoms with Crippen LogP contribution < -0.4 is 0 Å². The van der Waals surface area contributed by atoms with Gasteiger partial charge in [-0.3, -0.25) is 14.5 Å². The van der Waals surface area contributed by atoms with Crippen molar-refractivity contribution in [2.75, 3.05) is 40.8 Å². The number of phenolic OH excluding ortho intramolecular Hbond substituents is 1. The number of likely N-dealkylation sites (N-methyl/N-ethyl adjacent to an activating group) is 1. The molecule has 0 saturated carbocycles. The van der Waals surface area contributed by atoms with Crippen LogP contribution in [0.25, 0.3) is 0 Å². The number of aromatic hydroxyl groups is 1. The fourth-order valence-corrected chi connectivity index (χ4v) is 9.22. The van der Waals surface area contributed by atoms with E-state index in [1.807, 2.05) is 51.9 Å². The van der Waals surface area contributed by atoms with Gasteiger partial charge < -0.3 is 49.1 Å². The number of Topliss-reactive ketones (excluding diaryl/α,β-unsaturated/α-hetero) is 1. The first-order valence-corrected chi connectivity index (χ1v) is 21.3. The lowest BCUT2D eigenvalue weighted by atomic mass is 9.74. The molecule has 3 aliphatic heterocycles. The Bertz CT molecular complexity index is 1510. The summed E-state index contributed by atoms with van der Waals surface area (Å²) in [5, 5.41) is 49.8. The Morgan fingerprint density at radius 1 is 1.03 bits per heavy atom. The van der Waals surface area contributed by atoms with E-state index in [1.165, 1.54) is 26.5 Å². The number of aliphatic hydroxyl groups excluding tert-OH is 2. The van der Waals surface area contributed by atoms with E-state index in [1.54, 1.807) is 32.9 Å². The number of likely N-dealkylation sites (tertiary alicyclic amines) is 1. The number of benzene rings is 1. The number of phenols is 1. The van der Waals surface area contributed by atoms with Gasteiger partial charge in [-0.25, -0.2) is 0 Å². The number of esters is 1. The van der Waals surface area contributed by atoms with Crippen LogP contribution >= 0.6 is 0 Å². The van der Waals surface area contributed by atoms with E-state index in [0.29, 0.717) is 18.7 Å². The molecule has 0 aromatic heterocycles. The van der Waals surface area contributed by atoms with Crippen LogP contribution in [0.15, 0.2) is 29.4 Å². The molecule has 0 unspecified atom stereocenters. The lowest BCUT2D eigenvalue weighted by Gasteiger charge is -2.47. The minimum Gasteiger partial charge on any atom is -0.508 e. The van der Waals surface area contributed by atoms with E-state index in [9.17, 15) is 30.0 Å². The highest BCUT2D eigenvalue weighted by Crippen LogP contribution is 2.39. The van der Waals surface area contributed by atoms with E-state index in [4.69, 9.17) is 28.9 Å². The molecule has 3 saturated heterocycles. The van der Waals surface area contributed by atoms with E-state index < -0.39 is 77.3 Å². The Hall–Kier alpha value is -2.69. The molecule has 0 aliphatic carbocycles. The van der Waals surface area contributed by atoms with Crippen molar-refractivity contribution < 1.29 is 53.8 Å². The highest BCUT2D eigenvalue weighted by molar-refractivity contribution is 6.00. The fraction of sp³-hybridized carbons (Fsp3) is 0.795. The lowest BCUT2D eigenvalue weighted by molar-refractivity contribution is -0.295. The molecule has 14 atom stereocenters. The van der Waals surface area contributed by atoms with Crippen molar-refractivity contribution in [3.05, 3.63) is 29.8 Å². The summed E-state index contributed by atoms with van der Waals surface area (Å²) in [6.45, 7) is 16.3. The molecule has 14 heteroatoms. The topological polar surface area (TPSA) is 180 Å². The Labute approximate surface area is 346 Å². The van der Waals surface area contributed by atoms with Crippen LogP contribution in [-0.2, 0) is 39.8 Å². The zero-order valence-electron chi connectivity index (χ0n) is 36.8. The Morgan fingerprint density at radius 2 is 1.71 bits per heavy atom. The van der Waals surface area contributed by atoms with Crippen molar-refractivity contribution in [1.29, 1.82) is 0 Å². The summed E-state index contributed by atoms with van der Waals surface area (Å²) in [6, 6.07) is 7.02. The molecule has 58 heavy (non-hydrogen) atoms. The van der Waals surface area contributed by atoms with Crippen molar-refractivity contribution in [2.24, 2.45) is 28.8 Å². The van der Waals surface area contributed by atoms with Crippen LogP contribution in [0.3, 0.4) is 0 Å². The molecule has 0 amide bonds. The third-order valence-electron chi connectivity index (χ3n) is 13.0. The first-order valence-electron chi connectivity index (χ1n) is 21.3. The van der Waals surface area contributed by atoms with E-state index in [-0.39, 0.29) is 36.8 Å². The van der Waals surface area contributed by atoms with Gasteiger partial charge in [-0.05, 0) is 118 Å². The summed E-state index contributed by atoms with van der Waals surface area (Å²) in [7, 11) is 5.30. The number of rotatable bonds is 11. The van der Waals surface area contributed by atoms with Gasteiger partial charge in [0.1, 0.15) is 35.6 Å². The average Bonchev–Trinajstić information content (AvgIpc) is 3.18. The molecular formula is C44H73N3O11. The predicted octanol–water partition coefficient (Wildman–Crippen LogP) is 4.33. The SMILES string of the molecule is CC[C@H]1OC(=O)[C@H](C)C(=O)[C@H](C)[C@@H](O[C@@H]2O[C@H](C)C[C@H](N(C)C)[C@H]2O)[C@](C)(OC)C[C@@H](C)/C(=N\O[C@@H]2CCCN(CCCc3ccc(O)cc3)C2)[C@H](C)[C@@H](O)[C@]1(C)O. The number of aliphatic hydroxyl groups is 3. The zero-order valence-corrected chi connectivity index (χ0v) is 36.8. The summed E-state index contributed by atoms with van der Waals surface area (Å²) in [4.78, 5) is 38.6. The monoisotopic (exact) mass is 820 g/mol. The third-order valence-corrected chi connectivity index (χ3v) is 13.0. The molecule has 330 valence electrons. The predicted molar refractivity (Wildman–Crippen MR) is 220 cm³/mol. The number of cyclic esters (lactones) is 1. The van der Waals surface area contributed by atoms with Gasteiger partial charge in [-0.1, -0.05) is 45.0 Å². The number of nitrogens with zero attached hydrogens (tertiary/aromatic N) is 3. The van der Waals surface area contributed by atoms with Crippen molar-refractivity contribution in [3.8, 4) is 5.75 Å².